The number of pyridine rings is 2. The largest absolute Gasteiger partial charge is 0.461 e. The van der Waals surface area contributed by atoms with Crippen LogP contribution in [-0.2, 0) is 35.5 Å². The molecule has 2 fully saturated rings. The summed E-state index contributed by atoms with van der Waals surface area (Å²) in [7, 11) is 0. The number of rotatable bonds is 3. The first-order valence-corrected chi connectivity index (χ1v) is 16.1. The van der Waals surface area contributed by atoms with E-state index in [1.165, 1.54) is 32.4 Å². The number of nitrogens with zero attached hydrogens (tertiary/aromatic N) is 4. The molecule has 1 aromatic carbocycles. The van der Waals surface area contributed by atoms with Crippen LogP contribution in [0.2, 0.25) is 0 Å². The number of hydrogen-bond donors (Lipinski definition) is 0. The van der Waals surface area contributed by atoms with Crippen molar-refractivity contribution in [1.29, 1.82) is 0 Å². The summed E-state index contributed by atoms with van der Waals surface area (Å²) >= 11 is 0. The highest BCUT2D eigenvalue weighted by atomic mass is 16.6. The zero-order valence-corrected chi connectivity index (χ0v) is 25.0. The Labute approximate surface area is 251 Å². The maximum atomic E-state index is 13.7. The SMILES string of the molecule is CCc1c2c(nc3ccc(OC(=O)N4CCC(N5CCCCC5)CC4)cc13)-c1cc3c(c(=O)n1C2)COC(=O)CCCC3. The molecule has 4 aliphatic heterocycles. The molecule has 0 spiro atoms. The van der Waals surface area contributed by atoms with Crippen molar-refractivity contribution in [2.75, 3.05) is 26.2 Å². The second kappa shape index (κ2) is 11.8. The number of cyclic esters (lactones) is 1. The van der Waals surface area contributed by atoms with Crippen LogP contribution in [0.4, 0.5) is 4.79 Å². The number of benzene rings is 1. The van der Waals surface area contributed by atoms with E-state index in [0.717, 1.165) is 90.6 Å². The van der Waals surface area contributed by atoms with E-state index in [4.69, 9.17) is 14.5 Å². The molecular weight excluding hydrogens is 544 g/mol. The van der Waals surface area contributed by atoms with Gasteiger partial charge in [0.05, 0.1) is 29.0 Å². The first kappa shape index (κ1) is 28.1. The molecule has 0 bridgehead atoms. The number of amides is 1. The first-order valence-electron chi connectivity index (χ1n) is 16.1. The quantitative estimate of drug-likeness (QED) is 0.305. The second-order valence-electron chi connectivity index (χ2n) is 12.4. The molecule has 226 valence electrons. The standard InChI is InChI=1S/C34H40N4O5/c1-2-25-26-19-24(43-34(41)37-16-12-23(13-17-37)36-14-6-3-7-15-36)10-11-29(26)35-32-27(25)20-38-30(32)18-22-8-4-5-9-31(39)42-21-28(22)33(38)40/h10-11,18-19,23H,2-9,12-17,20-21H2,1H3. The van der Waals surface area contributed by atoms with E-state index < -0.39 is 0 Å². The van der Waals surface area contributed by atoms with Crippen molar-refractivity contribution in [3.8, 4) is 17.1 Å². The van der Waals surface area contributed by atoms with Gasteiger partial charge in [-0.2, -0.15) is 0 Å². The molecule has 0 unspecified atom stereocenters. The maximum Gasteiger partial charge on any atom is 0.415 e. The lowest BCUT2D eigenvalue weighted by Crippen LogP contribution is -2.48. The lowest BCUT2D eigenvalue weighted by atomic mass is 9.97. The molecule has 3 aromatic rings. The Hall–Kier alpha value is -3.72. The molecule has 0 atom stereocenters. The summed E-state index contributed by atoms with van der Waals surface area (Å²) in [6, 6.07) is 8.30. The lowest BCUT2D eigenvalue weighted by molar-refractivity contribution is -0.145. The van der Waals surface area contributed by atoms with E-state index in [-0.39, 0.29) is 24.2 Å². The number of carbonyl (C=O) groups is 2. The minimum Gasteiger partial charge on any atom is -0.461 e. The average molecular weight is 585 g/mol. The molecule has 2 saturated heterocycles. The smallest absolute Gasteiger partial charge is 0.415 e. The van der Waals surface area contributed by atoms with Crippen molar-refractivity contribution in [1.82, 2.24) is 19.4 Å². The van der Waals surface area contributed by atoms with Crippen molar-refractivity contribution < 1.29 is 19.1 Å². The van der Waals surface area contributed by atoms with E-state index in [2.05, 4.69) is 17.9 Å². The summed E-state index contributed by atoms with van der Waals surface area (Å²) in [5, 5.41) is 0.944. The number of ether oxygens (including phenoxy) is 2. The third kappa shape index (κ3) is 5.32. The highest BCUT2D eigenvalue weighted by molar-refractivity contribution is 5.89. The summed E-state index contributed by atoms with van der Waals surface area (Å²) < 4.78 is 13.1. The van der Waals surface area contributed by atoms with Crippen LogP contribution in [0.25, 0.3) is 22.3 Å². The number of aromatic nitrogens is 2. The molecule has 43 heavy (non-hydrogen) atoms. The van der Waals surface area contributed by atoms with Gasteiger partial charge in [-0.1, -0.05) is 13.3 Å². The molecule has 6 heterocycles. The molecule has 0 aliphatic carbocycles. The molecule has 0 radical (unpaired) electrons. The highest BCUT2D eigenvalue weighted by Gasteiger charge is 2.30. The van der Waals surface area contributed by atoms with Gasteiger partial charge < -0.3 is 23.8 Å². The molecule has 0 saturated carbocycles. The number of piperidine rings is 2. The fraction of sp³-hybridized carbons (Fsp3) is 0.529. The van der Waals surface area contributed by atoms with Gasteiger partial charge in [0.15, 0.2) is 0 Å². The fourth-order valence-corrected chi connectivity index (χ4v) is 7.50. The number of aryl methyl sites for hydroxylation is 2. The van der Waals surface area contributed by atoms with Crippen LogP contribution in [0.3, 0.4) is 0 Å². The van der Waals surface area contributed by atoms with Gasteiger partial charge in [0, 0.05) is 36.5 Å². The Morgan fingerprint density at radius 1 is 0.977 bits per heavy atom. The van der Waals surface area contributed by atoms with Crippen molar-refractivity contribution in [2.45, 2.75) is 90.3 Å². The van der Waals surface area contributed by atoms with Crippen LogP contribution >= 0.6 is 0 Å². The monoisotopic (exact) mass is 584 g/mol. The van der Waals surface area contributed by atoms with Gasteiger partial charge in [0.2, 0.25) is 0 Å². The van der Waals surface area contributed by atoms with E-state index in [9.17, 15) is 14.4 Å². The zero-order valence-electron chi connectivity index (χ0n) is 25.0. The molecule has 4 aliphatic rings. The molecular formula is C34H40N4O5. The van der Waals surface area contributed by atoms with E-state index in [0.29, 0.717) is 30.3 Å². The van der Waals surface area contributed by atoms with E-state index >= 15 is 0 Å². The minimum atomic E-state index is -0.295. The zero-order chi connectivity index (χ0) is 29.5. The van der Waals surface area contributed by atoms with E-state index in [1.807, 2.05) is 23.1 Å². The fourth-order valence-electron chi connectivity index (χ4n) is 7.50. The number of hydrogen-bond acceptors (Lipinski definition) is 7. The van der Waals surface area contributed by atoms with Gasteiger partial charge in [0.1, 0.15) is 12.4 Å². The maximum absolute atomic E-state index is 13.7. The minimum absolute atomic E-state index is 0.0182. The lowest BCUT2D eigenvalue weighted by Gasteiger charge is -2.39. The topological polar surface area (TPSA) is 94.0 Å². The van der Waals surface area contributed by atoms with Gasteiger partial charge in [-0.15, -0.1) is 0 Å². The van der Waals surface area contributed by atoms with Gasteiger partial charge in [-0.05, 0) is 99.8 Å². The van der Waals surface area contributed by atoms with Crippen LogP contribution in [0.5, 0.6) is 5.75 Å². The summed E-state index contributed by atoms with van der Waals surface area (Å²) in [5.74, 6) is 0.265. The third-order valence-electron chi connectivity index (χ3n) is 9.87. The Morgan fingerprint density at radius 2 is 1.77 bits per heavy atom. The molecule has 9 heteroatoms. The van der Waals surface area contributed by atoms with Crippen molar-refractivity contribution in [3.05, 3.63) is 56.9 Å². The summed E-state index contributed by atoms with van der Waals surface area (Å²) in [6.07, 6.45) is 9.05. The van der Waals surface area contributed by atoms with Gasteiger partial charge in [-0.3, -0.25) is 9.59 Å². The number of fused-ring (bicyclic) bond motifs is 5. The van der Waals surface area contributed by atoms with E-state index in [1.54, 1.807) is 4.57 Å². The summed E-state index contributed by atoms with van der Waals surface area (Å²) in [4.78, 5) is 48.3. The normalized spacial score (nSPS) is 19.6. The van der Waals surface area contributed by atoms with Crippen LogP contribution in [0, 0.1) is 0 Å². The predicted octanol–water partition coefficient (Wildman–Crippen LogP) is 5.21. The van der Waals surface area contributed by atoms with Crippen LogP contribution in [0.15, 0.2) is 29.1 Å². The molecule has 0 N–H and O–H groups in total. The van der Waals surface area contributed by atoms with Crippen molar-refractivity contribution in [3.63, 3.8) is 0 Å². The third-order valence-corrected chi connectivity index (χ3v) is 9.87. The Bertz CT molecular complexity index is 1630. The second-order valence-corrected chi connectivity index (χ2v) is 12.4. The average Bonchev–Trinajstić information content (AvgIpc) is 3.43. The number of likely N-dealkylation sites (tertiary alicyclic amines) is 2. The molecule has 1 amide bonds. The number of carbonyl (C=O) groups excluding carboxylic acids is 2. The van der Waals surface area contributed by atoms with Gasteiger partial charge >= 0.3 is 12.1 Å². The summed E-state index contributed by atoms with van der Waals surface area (Å²) in [6.45, 7) is 6.35. The molecule has 2 aromatic heterocycles. The first-order chi connectivity index (χ1) is 21.0. The van der Waals surface area contributed by atoms with Gasteiger partial charge in [-0.25, -0.2) is 9.78 Å². The van der Waals surface area contributed by atoms with Crippen LogP contribution in [-0.4, -0.2) is 63.6 Å². The van der Waals surface area contributed by atoms with Crippen LogP contribution in [0.1, 0.15) is 80.5 Å². The predicted molar refractivity (Wildman–Crippen MR) is 163 cm³/mol. The number of esters is 1. The Kier molecular flexibility index (Phi) is 7.67. The molecule has 9 nitrogen and oxygen atoms in total. The summed E-state index contributed by atoms with van der Waals surface area (Å²) in [5.41, 5.74) is 6.03. The Balaban J connectivity index is 1.13. The molecule has 7 rings (SSSR count). The van der Waals surface area contributed by atoms with Gasteiger partial charge in [0.25, 0.3) is 5.56 Å². The van der Waals surface area contributed by atoms with Crippen molar-refractivity contribution in [2.24, 2.45) is 0 Å². The Morgan fingerprint density at radius 3 is 2.56 bits per heavy atom. The highest BCUT2D eigenvalue weighted by Crippen LogP contribution is 2.38. The van der Waals surface area contributed by atoms with Crippen LogP contribution < -0.4 is 10.3 Å². The van der Waals surface area contributed by atoms with Crippen molar-refractivity contribution >= 4 is 23.0 Å².